The standard InChI is InChI=1S/C13H20N4O/c1-9(14)4-6-15-7-5-10-2-3-11-12(8-10)17-13(18)16-11/h2-3,8-9,15H,4-7,14H2,1H3,(H2,16,17,18). The maximum Gasteiger partial charge on any atom is 0.323 e. The summed E-state index contributed by atoms with van der Waals surface area (Å²) >= 11 is 0. The van der Waals surface area contributed by atoms with Gasteiger partial charge in [-0.05, 0) is 50.6 Å². The van der Waals surface area contributed by atoms with Gasteiger partial charge in [-0.2, -0.15) is 0 Å². The third-order valence-corrected chi connectivity index (χ3v) is 2.95. The Morgan fingerprint density at radius 1 is 1.28 bits per heavy atom. The Balaban J connectivity index is 1.86. The lowest BCUT2D eigenvalue weighted by atomic mass is 10.1. The lowest BCUT2D eigenvalue weighted by molar-refractivity contribution is 0.590. The molecule has 0 saturated carbocycles. The predicted octanol–water partition coefficient (Wildman–Crippen LogP) is 0.726. The lowest BCUT2D eigenvalue weighted by Gasteiger charge is -2.07. The van der Waals surface area contributed by atoms with Crippen LogP contribution in [0.4, 0.5) is 0 Å². The van der Waals surface area contributed by atoms with E-state index < -0.39 is 0 Å². The van der Waals surface area contributed by atoms with Gasteiger partial charge in [0.05, 0.1) is 11.0 Å². The summed E-state index contributed by atoms with van der Waals surface area (Å²) in [6.07, 6.45) is 1.94. The van der Waals surface area contributed by atoms with Gasteiger partial charge in [0.2, 0.25) is 0 Å². The van der Waals surface area contributed by atoms with Crippen LogP contribution < -0.4 is 16.7 Å². The van der Waals surface area contributed by atoms with Gasteiger partial charge in [-0.3, -0.25) is 0 Å². The third kappa shape index (κ3) is 3.45. The predicted molar refractivity (Wildman–Crippen MR) is 73.8 cm³/mol. The van der Waals surface area contributed by atoms with Crippen LogP contribution in [0.25, 0.3) is 11.0 Å². The van der Waals surface area contributed by atoms with E-state index in [0.717, 1.165) is 37.0 Å². The van der Waals surface area contributed by atoms with E-state index in [1.54, 1.807) is 0 Å². The van der Waals surface area contributed by atoms with E-state index in [0.29, 0.717) is 0 Å². The van der Waals surface area contributed by atoms with Crippen molar-refractivity contribution in [3.8, 4) is 0 Å². The van der Waals surface area contributed by atoms with Gasteiger partial charge in [-0.25, -0.2) is 4.79 Å². The van der Waals surface area contributed by atoms with Crippen LogP contribution in [0.1, 0.15) is 18.9 Å². The van der Waals surface area contributed by atoms with Crippen molar-refractivity contribution in [2.45, 2.75) is 25.8 Å². The molecule has 0 aliphatic rings. The van der Waals surface area contributed by atoms with Gasteiger partial charge in [0.15, 0.2) is 0 Å². The summed E-state index contributed by atoms with van der Waals surface area (Å²) in [7, 11) is 0. The minimum atomic E-state index is -0.155. The smallest absolute Gasteiger partial charge is 0.323 e. The normalized spacial score (nSPS) is 13.0. The van der Waals surface area contributed by atoms with E-state index in [9.17, 15) is 4.79 Å². The second-order valence-corrected chi connectivity index (χ2v) is 4.73. The first-order valence-electron chi connectivity index (χ1n) is 6.32. The van der Waals surface area contributed by atoms with Crippen molar-refractivity contribution in [1.82, 2.24) is 15.3 Å². The number of hydrogen-bond donors (Lipinski definition) is 4. The molecule has 2 rings (SSSR count). The number of imidazole rings is 1. The fraction of sp³-hybridized carbons (Fsp3) is 0.462. The Morgan fingerprint density at radius 3 is 2.83 bits per heavy atom. The number of fused-ring (bicyclic) bond motifs is 1. The van der Waals surface area contributed by atoms with Crippen molar-refractivity contribution < 1.29 is 0 Å². The second-order valence-electron chi connectivity index (χ2n) is 4.73. The highest BCUT2D eigenvalue weighted by Crippen LogP contribution is 2.10. The van der Waals surface area contributed by atoms with Crippen molar-refractivity contribution in [2.75, 3.05) is 13.1 Å². The number of aromatic amines is 2. The van der Waals surface area contributed by atoms with Crippen molar-refractivity contribution in [3.63, 3.8) is 0 Å². The SMILES string of the molecule is CC(N)CCNCCc1ccc2[nH]c(=O)[nH]c2c1. The van der Waals surface area contributed by atoms with Gasteiger partial charge in [0.25, 0.3) is 0 Å². The molecule has 2 aromatic rings. The number of rotatable bonds is 6. The molecule has 0 aliphatic heterocycles. The van der Waals surface area contributed by atoms with Gasteiger partial charge in [-0.15, -0.1) is 0 Å². The molecular weight excluding hydrogens is 228 g/mol. The Morgan fingerprint density at radius 2 is 2.06 bits per heavy atom. The minimum Gasteiger partial charge on any atom is -0.328 e. The molecule has 1 atom stereocenters. The fourth-order valence-electron chi connectivity index (χ4n) is 1.92. The molecule has 5 N–H and O–H groups in total. The van der Waals surface area contributed by atoms with Crippen molar-refractivity contribution in [3.05, 3.63) is 34.2 Å². The summed E-state index contributed by atoms with van der Waals surface area (Å²) in [5.41, 5.74) is 8.46. The summed E-state index contributed by atoms with van der Waals surface area (Å²) in [6.45, 7) is 3.88. The highest BCUT2D eigenvalue weighted by molar-refractivity contribution is 5.74. The van der Waals surface area contributed by atoms with Crippen LogP contribution >= 0.6 is 0 Å². The number of nitrogens with one attached hydrogen (secondary N) is 3. The van der Waals surface area contributed by atoms with Crippen LogP contribution in [-0.2, 0) is 6.42 Å². The zero-order chi connectivity index (χ0) is 13.0. The zero-order valence-corrected chi connectivity index (χ0v) is 10.6. The monoisotopic (exact) mass is 248 g/mol. The molecule has 5 nitrogen and oxygen atoms in total. The summed E-state index contributed by atoms with van der Waals surface area (Å²) in [4.78, 5) is 16.6. The zero-order valence-electron chi connectivity index (χ0n) is 10.6. The molecule has 1 aromatic heterocycles. The summed E-state index contributed by atoms with van der Waals surface area (Å²) < 4.78 is 0. The van der Waals surface area contributed by atoms with Crippen LogP contribution in [0.3, 0.4) is 0 Å². The second kappa shape index (κ2) is 5.84. The molecule has 18 heavy (non-hydrogen) atoms. The van der Waals surface area contributed by atoms with Crippen LogP contribution in [-0.4, -0.2) is 29.1 Å². The molecule has 1 unspecified atom stereocenters. The van der Waals surface area contributed by atoms with Crippen LogP contribution in [0.2, 0.25) is 0 Å². The molecule has 0 spiro atoms. The van der Waals surface area contributed by atoms with Crippen molar-refractivity contribution in [2.24, 2.45) is 5.73 Å². The molecule has 0 saturated heterocycles. The van der Waals surface area contributed by atoms with Gasteiger partial charge in [0, 0.05) is 6.04 Å². The van der Waals surface area contributed by atoms with Crippen LogP contribution in [0.15, 0.2) is 23.0 Å². The van der Waals surface area contributed by atoms with E-state index in [4.69, 9.17) is 5.73 Å². The molecule has 1 aromatic carbocycles. The Hall–Kier alpha value is -1.59. The number of H-pyrrole nitrogens is 2. The highest BCUT2D eigenvalue weighted by atomic mass is 16.1. The number of nitrogens with two attached hydrogens (primary N) is 1. The van der Waals surface area contributed by atoms with Crippen molar-refractivity contribution >= 4 is 11.0 Å². The maximum absolute atomic E-state index is 11.1. The van der Waals surface area contributed by atoms with Crippen molar-refractivity contribution in [1.29, 1.82) is 0 Å². The van der Waals surface area contributed by atoms with Gasteiger partial charge < -0.3 is 21.0 Å². The third-order valence-electron chi connectivity index (χ3n) is 2.95. The Kier molecular flexibility index (Phi) is 4.17. The number of benzene rings is 1. The highest BCUT2D eigenvalue weighted by Gasteiger charge is 2.00. The summed E-state index contributed by atoms with van der Waals surface area (Å²) in [6, 6.07) is 6.24. The van der Waals surface area contributed by atoms with Crippen LogP contribution in [0.5, 0.6) is 0 Å². The molecule has 1 heterocycles. The molecule has 5 heteroatoms. The topological polar surface area (TPSA) is 86.7 Å². The molecule has 98 valence electrons. The minimum absolute atomic E-state index is 0.155. The van der Waals surface area contributed by atoms with E-state index in [1.807, 2.05) is 25.1 Å². The Bertz CT molecular complexity index is 555. The van der Waals surface area contributed by atoms with Gasteiger partial charge >= 0.3 is 5.69 Å². The molecule has 0 aliphatic carbocycles. The molecule has 0 fully saturated rings. The average molecular weight is 248 g/mol. The largest absolute Gasteiger partial charge is 0.328 e. The maximum atomic E-state index is 11.1. The van der Waals surface area contributed by atoms with Crippen LogP contribution in [0, 0.1) is 0 Å². The lowest BCUT2D eigenvalue weighted by Crippen LogP contribution is -2.25. The molecular formula is C13H20N4O. The first-order chi connectivity index (χ1) is 8.65. The molecule has 0 amide bonds. The quantitative estimate of drug-likeness (QED) is 0.568. The molecule has 0 radical (unpaired) electrons. The van der Waals surface area contributed by atoms with E-state index in [1.165, 1.54) is 5.56 Å². The number of hydrogen-bond acceptors (Lipinski definition) is 3. The van der Waals surface area contributed by atoms with Gasteiger partial charge in [-0.1, -0.05) is 6.07 Å². The van der Waals surface area contributed by atoms with E-state index >= 15 is 0 Å². The van der Waals surface area contributed by atoms with E-state index in [-0.39, 0.29) is 11.7 Å². The fourth-order valence-corrected chi connectivity index (χ4v) is 1.92. The Labute approximate surface area is 106 Å². The average Bonchev–Trinajstić information content (AvgIpc) is 2.67. The number of aromatic nitrogens is 2. The van der Waals surface area contributed by atoms with E-state index in [2.05, 4.69) is 15.3 Å². The molecule has 0 bridgehead atoms. The summed E-state index contributed by atoms with van der Waals surface area (Å²) in [5, 5.41) is 3.36. The first-order valence-corrected chi connectivity index (χ1v) is 6.32. The summed E-state index contributed by atoms with van der Waals surface area (Å²) in [5.74, 6) is 0. The first kappa shape index (κ1) is 12.9. The van der Waals surface area contributed by atoms with Gasteiger partial charge in [0.1, 0.15) is 0 Å².